The number of aliphatic hydroxyl groups excluding tert-OH is 1. The lowest BCUT2D eigenvalue weighted by Gasteiger charge is -2.44. The van der Waals surface area contributed by atoms with Gasteiger partial charge in [-0.15, -0.1) is 0 Å². The highest BCUT2D eigenvalue weighted by Crippen LogP contribution is 2.44. The fraction of sp³-hybridized carbons (Fsp3) is 0.438. The number of cyclic esters (lactones) is 1. The molecule has 4 rings (SSSR count). The fourth-order valence-corrected chi connectivity index (χ4v) is 3.82. The molecule has 3 heterocycles. The second-order valence-corrected chi connectivity index (χ2v) is 5.76. The summed E-state index contributed by atoms with van der Waals surface area (Å²) in [6.07, 6.45) is 0.577. The summed E-state index contributed by atoms with van der Waals surface area (Å²) >= 11 is 0. The van der Waals surface area contributed by atoms with E-state index in [4.69, 9.17) is 4.74 Å². The van der Waals surface area contributed by atoms with Crippen LogP contribution in [0.4, 0.5) is 0 Å². The van der Waals surface area contributed by atoms with Gasteiger partial charge in [0.05, 0.1) is 23.4 Å². The van der Waals surface area contributed by atoms with E-state index in [2.05, 4.69) is 23.1 Å². The van der Waals surface area contributed by atoms with E-state index in [1.165, 1.54) is 11.1 Å². The average Bonchev–Trinajstić information content (AvgIpc) is 2.75. The Bertz CT molecular complexity index is 622. The molecule has 0 aliphatic carbocycles. The summed E-state index contributed by atoms with van der Waals surface area (Å²) < 4.78 is 5.30. The molecule has 0 amide bonds. The van der Waals surface area contributed by atoms with Crippen LogP contribution in [-0.4, -0.2) is 34.7 Å². The molecular formula is C16H17NO3. The standard InChI is InChI=1S/C16H17NO3/c1-9-15-14(16(19)20-9)13(18)8-12-11-5-3-2-4-10(11)6-7-17(12)15/h2-5,9,12-13,18H,6-8H2,1H3/t9-,12-,13-/m0/s1. The van der Waals surface area contributed by atoms with E-state index >= 15 is 0 Å². The van der Waals surface area contributed by atoms with Crippen molar-refractivity contribution in [3.8, 4) is 0 Å². The van der Waals surface area contributed by atoms with Crippen LogP contribution in [0.2, 0.25) is 0 Å². The van der Waals surface area contributed by atoms with Crippen molar-refractivity contribution >= 4 is 5.97 Å². The Morgan fingerprint density at radius 1 is 1.35 bits per heavy atom. The van der Waals surface area contributed by atoms with Crippen LogP contribution < -0.4 is 0 Å². The molecule has 3 aliphatic heterocycles. The van der Waals surface area contributed by atoms with Crippen molar-refractivity contribution in [1.82, 2.24) is 4.90 Å². The van der Waals surface area contributed by atoms with Gasteiger partial charge >= 0.3 is 5.97 Å². The Kier molecular flexibility index (Phi) is 2.45. The van der Waals surface area contributed by atoms with Crippen molar-refractivity contribution in [3.63, 3.8) is 0 Å². The molecule has 0 bridgehead atoms. The predicted octanol–water partition coefficient (Wildman–Crippen LogP) is 1.55. The van der Waals surface area contributed by atoms with E-state index in [-0.39, 0.29) is 18.1 Å². The van der Waals surface area contributed by atoms with Gasteiger partial charge in [-0.05, 0) is 24.5 Å². The molecule has 0 unspecified atom stereocenters. The molecule has 0 saturated carbocycles. The first-order valence-electron chi connectivity index (χ1n) is 7.14. The minimum absolute atomic E-state index is 0.158. The molecule has 4 nitrogen and oxygen atoms in total. The molecule has 0 aromatic heterocycles. The summed E-state index contributed by atoms with van der Waals surface area (Å²) in [5.41, 5.74) is 4.00. The zero-order valence-corrected chi connectivity index (χ0v) is 11.4. The number of aliphatic hydroxyl groups is 1. The molecule has 104 valence electrons. The number of rotatable bonds is 0. The number of carbonyl (C=O) groups is 1. The summed E-state index contributed by atoms with van der Waals surface area (Å²) in [7, 11) is 0. The van der Waals surface area contributed by atoms with Gasteiger partial charge in [-0.25, -0.2) is 4.79 Å². The molecule has 3 aliphatic rings. The van der Waals surface area contributed by atoms with E-state index in [1.54, 1.807) is 0 Å². The van der Waals surface area contributed by atoms with Gasteiger partial charge < -0.3 is 14.7 Å². The molecule has 0 spiro atoms. The van der Waals surface area contributed by atoms with E-state index in [0.717, 1.165) is 18.7 Å². The first-order chi connectivity index (χ1) is 9.66. The largest absolute Gasteiger partial charge is 0.453 e. The van der Waals surface area contributed by atoms with E-state index < -0.39 is 6.10 Å². The van der Waals surface area contributed by atoms with Gasteiger partial charge in [0.25, 0.3) is 0 Å². The number of benzene rings is 1. The van der Waals surface area contributed by atoms with Gasteiger partial charge in [-0.3, -0.25) is 0 Å². The Morgan fingerprint density at radius 3 is 3.00 bits per heavy atom. The maximum Gasteiger partial charge on any atom is 0.339 e. The number of nitrogens with zero attached hydrogens (tertiary/aromatic N) is 1. The highest BCUT2D eigenvalue weighted by molar-refractivity contribution is 5.93. The van der Waals surface area contributed by atoms with Crippen molar-refractivity contribution < 1.29 is 14.6 Å². The van der Waals surface area contributed by atoms with Gasteiger partial charge in [-0.2, -0.15) is 0 Å². The molecule has 1 N–H and O–H groups in total. The number of hydrogen-bond acceptors (Lipinski definition) is 4. The highest BCUT2D eigenvalue weighted by atomic mass is 16.5. The molecule has 4 heteroatoms. The number of esters is 1. The lowest BCUT2D eigenvalue weighted by molar-refractivity contribution is -0.140. The number of carbonyl (C=O) groups excluding carboxylic acids is 1. The van der Waals surface area contributed by atoms with Crippen LogP contribution in [0.1, 0.15) is 30.5 Å². The Balaban J connectivity index is 1.84. The number of hydrogen-bond donors (Lipinski definition) is 1. The van der Waals surface area contributed by atoms with Crippen LogP contribution in [0.15, 0.2) is 35.5 Å². The third-order valence-corrected chi connectivity index (χ3v) is 4.67. The minimum Gasteiger partial charge on any atom is -0.453 e. The molecule has 3 atom stereocenters. The van der Waals surface area contributed by atoms with Crippen LogP contribution >= 0.6 is 0 Å². The molecule has 0 radical (unpaired) electrons. The summed E-state index contributed by atoms with van der Waals surface area (Å²) in [6.45, 7) is 2.77. The maximum atomic E-state index is 11.9. The monoisotopic (exact) mass is 271 g/mol. The van der Waals surface area contributed by atoms with E-state index in [9.17, 15) is 9.90 Å². The van der Waals surface area contributed by atoms with Gasteiger partial charge in [0.2, 0.25) is 0 Å². The first kappa shape index (κ1) is 12.0. The third-order valence-electron chi connectivity index (χ3n) is 4.67. The summed E-state index contributed by atoms with van der Waals surface area (Å²) in [6, 6.07) is 8.54. The number of ether oxygens (including phenoxy) is 1. The quantitative estimate of drug-likeness (QED) is 0.727. The van der Waals surface area contributed by atoms with Crippen LogP contribution in [0.5, 0.6) is 0 Å². The van der Waals surface area contributed by atoms with Crippen molar-refractivity contribution in [2.75, 3.05) is 6.54 Å². The second kappa shape index (κ2) is 4.09. The molecule has 1 aromatic carbocycles. The smallest absolute Gasteiger partial charge is 0.339 e. The number of fused-ring (bicyclic) bond motifs is 4. The fourth-order valence-electron chi connectivity index (χ4n) is 3.82. The summed E-state index contributed by atoms with van der Waals surface area (Å²) in [5.74, 6) is -0.350. The highest BCUT2D eigenvalue weighted by Gasteiger charge is 2.46. The van der Waals surface area contributed by atoms with Crippen molar-refractivity contribution in [3.05, 3.63) is 46.7 Å². The lowest BCUT2D eigenvalue weighted by Crippen LogP contribution is -2.43. The van der Waals surface area contributed by atoms with Crippen molar-refractivity contribution in [1.29, 1.82) is 0 Å². The lowest BCUT2D eigenvalue weighted by atomic mass is 9.83. The van der Waals surface area contributed by atoms with Gasteiger partial charge in [0.1, 0.15) is 6.10 Å². The average molecular weight is 271 g/mol. The maximum absolute atomic E-state index is 11.9. The molecule has 0 fully saturated rings. The van der Waals surface area contributed by atoms with Gasteiger partial charge in [-0.1, -0.05) is 24.3 Å². The summed E-state index contributed by atoms with van der Waals surface area (Å²) in [5, 5.41) is 10.3. The predicted molar refractivity (Wildman–Crippen MR) is 72.8 cm³/mol. The molecule has 20 heavy (non-hydrogen) atoms. The molecule has 0 saturated heterocycles. The van der Waals surface area contributed by atoms with Crippen LogP contribution in [0.25, 0.3) is 0 Å². The first-order valence-corrected chi connectivity index (χ1v) is 7.14. The van der Waals surface area contributed by atoms with Gasteiger partial charge in [0, 0.05) is 13.0 Å². The van der Waals surface area contributed by atoms with Crippen molar-refractivity contribution in [2.24, 2.45) is 0 Å². The topological polar surface area (TPSA) is 49.8 Å². The molecular weight excluding hydrogens is 254 g/mol. The second-order valence-electron chi connectivity index (χ2n) is 5.76. The molecule has 1 aromatic rings. The Hall–Kier alpha value is -1.81. The van der Waals surface area contributed by atoms with Gasteiger partial charge in [0.15, 0.2) is 0 Å². The van der Waals surface area contributed by atoms with Crippen LogP contribution in [0, 0.1) is 0 Å². The normalized spacial score (nSPS) is 31.6. The minimum atomic E-state index is -0.713. The van der Waals surface area contributed by atoms with Crippen LogP contribution in [0.3, 0.4) is 0 Å². The van der Waals surface area contributed by atoms with Crippen LogP contribution in [-0.2, 0) is 16.0 Å². The van der Waals surface area contributed by atoms with E-state index in [0.29, 0.717) is 12.0 Å². The Labute approximate surface area is 117 Å². The third kappa shape index (κ3) is 1.48. The van der Waals surface area contributed by atoms with E-state index in [1.807, 2.05) is 13.0 Å². The Morgan fingerprint density at radius 2 is 2.15 bits per heavy atom. The van der Waals surface area contributed by atoms with Crippen molar-refractivity contribution in [2.45, 2.75) is 38.0 Å². The zero-order chi connectivity index (χ0) is 13.9. The zero-order valence-electron chi connectivity index (χ0n) is 11.4. The summed E-state index contributed by atoms with van der Waals surface area (Å²) in [4.78, 5) is 14.1. The SMILES string of the molecule is C[C@@H]1OC(=O)C2=C1N1CCc3ccccc3[C@@H]1C[C@@H]2O.